The van der Waals surface area contributed by atoms with E-state index in [9.17, 15) is 43.5 Å². The Bertz CT molecular complexity index is 1620. The summed E-state index contributed by atoms with van der Waals surface area (Å²) >= 11 is 2.78. The molecule has 0 aliphatic carbocycles. The second-order valence-electron chi connectivity index (χ2n) is 12.2. The number of carboxylic acids is 1. The summed E-state index contributed by atoms with van der Waals surface area (Å²) in [4.78, 5) is 104. The highest BCUT2D eigenvalue weighted by Crippen LogP contribution is 2.19. The number of rotatable bonds is 24. The summed E-state index contributed by atoms with van der Waals surface area (Å²) in [5, 5.41) is 22.7. The number of nitrogens with one attached hydrogen (secondary N) is 6. The number of aliphatic carboxylic acids is 1. The highest BCUT2D eigenvalue weighted by molar-refractivity contribution is 7.98. The number of primary amides is 2. The molecular weight excluding hydrogens is 731 g/mol. The molecule has 0 unspecified atom stereocenters. The Hall–Kier alpha value is -4.82. The van der Waals surface area contributed by atoms with Gasteiger partial charge in [0.2, 0.25) is 41.4 Å². The van der Waals surface area contributed by atoms with Gasteiger partial charge in [0.25, 0.3) is 0 Å². The molecule has 6 atom stereocenters. The molecule has 7 amide bonds. The lowest BCUT2D eigenvalue weighted by atomic mass is 10.0. The van der Waals surface area contributed by atoms with Gasteiger partial charge in [-0.05, 0) is 68.3 Å². The van der Waals surface area contributed by atoms with Crippen LogP contribution in [0.4, 0.5) is 0 Å². The number of fused-ring (bicyclic) bond motifs is 1. The Labute approximate surface area is 315 Å². The van der Waals surface area contributed by atoms with E-state index < -0.39 is 90.0 Å². The molecule has 18 nitrogen and oxygen atoms in total. The summed E-state index contributed by atoms with van der Waals surface area (Å²) in [5.41, 5.74) is 18.2. The van der Waals surface area contributed by atoms with Crippen LogP contribution in [0.1, 0.15) is 44.6 Å². The number of hydrogen-bond donors (Lipinski definition) is 10. The number of amides is 7. The Morgan fingerprint density at radius 3 is 1.74 bits per heavy atom. The van der Waals surface area contributed by atoms with Crippen LogP contribution in [-0.4, -0.2) is 118 Å². The fourth-order valence-corrected chi connectivity index (χ4v) is 6.04. The lowest BCUT2D eigenvalue weighted by molar-refractivity contribution is -0.144. The van der Waals surface area contributed by atoms with E-state index >= 15 is 0 Å². The number of nitrogens with two attached hydrogens (primary N) is 3. The van der Waals surface area contributed by atoms with Crippen LogP contribution in [0.25, 0.3) is 10.9 Å². The topological polar surface area (TPSA) is 311 Å². The largest absolute Gasteiger partial charge is 0.480 e. The van der Waals surface area contributed by atoms with Gasteiger partial charge in [-0.15, -0.1) is 0 Å². The fraction of sp³-hybridized carbons (Fsp3) is 0.515. The minimum atomic E-state index is -1.71. The predicted molar refractivity (Wildman–Crippen MR) is 201 cm³/mol. The van der Waals surface area contributed by atoms with Crippen molar-refractivity contribution in [3.63, 3.8) is 0 Å². The van der Waals surface area contributed by atoms with Gasteiger partial charge in [0.1, 0.15) is 30.2 Å². The van der Waals surface area contributed by atoms with Crippen molar-refractivity contribution < 1.29 is 43.5 Å². The summed E-state index contributed by atoms with van der Waals surface area (Å²) in [5.74, 6) is -6.33. The number of aromatic nitrogens is 1. The smallest absolute Gasteiger partial charge is 0.326 e. The van der Waals surface area contributed by atoms with Crippen molar-refractivity contribution >= 4 is 81.7 Å². The van der Waals surface area contributed by atoms with E-state index in [2.05, 4.69) is 31.6 Å². The zero-order valence-corrected chi connectivity index (χ0v) is 31.4. The van der Waals surface area contributed by atoms with Crippen molar-refractivity contribution in [3.8, 4) is 0 Å². The number of aromatic amines is 1. The fourth-order valence-electron chi connectivity index (χ4n) is 5.10. The number of H-pyrrole nitrogens is 1. The van der Waals surface area contributed by atoms with Gasteiger partial charge in [-0.3, -0.25) is 33.6 Å². The van der Waals surface area contributed by atoms with Gasteiger partial charge in [0, 0.05) is 23.5 Å². The van der Waals surface area contributed by atoms with E-state index in [0.29, 0.717) is 11.5 Å². The molecule has 53 heavy (non-hydrogen) atoms. The second kappa shape index (κ2) is 22.3. The first kappa shape index (κ1) is 44.3. The number of para-hydroxylation sites is 1. The molecule has 2 rings (SSSR count). The highest BCUT2D eigenvalue weighted by Gasteiger charge is 2.32. The van der Waals surface area contributed by atoms with E-state index in [4.69, 9.17) is 17.2 Å². The normalized spacial score (nSPS) is 14.4. The molecule has 1 heterocycles. The zero-order chi connectivity index (χ0) is 39.7. The lowest BCUT2D eigenvalue weighted by Gasteiger charge is -2.26. The van der Waals surface area contributed by atoms with Crippen molar-refractivity contribution in [2.24, 2.45) is 17.2 Å². The zero-order valence-electron chi connectivity index (χ0n) is 29.8. The first-order chi connectivity index (χ1) is 25.1. The van der Waals surface area contributed by atoms with Crippen molar-refractivity contribution in [2.75, 3.05) is 24.0 Å². The van der Waals surface area contributed by atoms with E-state index in [-0.39, 0.29) is 32.1 Å². The first-order valence-electron chi connectivity index (χ1n) is 16.7. The summed E-state index contributed by atoms with van der Waals surface area (Å²) in [6.45, 7) is 1.44. The number of hydrogen-bond acceptors (Lipinski definition) is 11. The summed E-state index contributed by atoms with van der Waals surface area (Å²) < 4.78 is 0. The van der Waals surface area contributed by atoms with E-state index in [1.165, 1.54) is 30.4 Å². The highest BCUT2D eigenvalue weighted by atomic mass is 32.2. The number of thioether (sulfide) groups is 2. The van der Waals surface area contributed by atoms with Gasteiger partial charge in [-0.2, -0.15) is 23.5 Å². The summed E-state index contributed by atoms with van der Waals surface area (Å²) in [7, 11) is 0. The molecule has 20 heteroatoms. The van der Waals surface area contributed by atoms with Gasteiger partial charge < -0.3 is 53.9 Å². The van der Waals surface area contributed by atoms with Crippen LogP contribution in [0, 0.1) is 0 Å². The molecule has 13 N–H and O–H groups in total. The molecule has 0 aliphatic heterocycles. The molecule has 0 saturated heterocycles. The Morgan fingerprint density at radius 2 is 1.23 bits per heavy atom. The maximum absolute atomic E-state index is 13.6. The predicted octanol–water partition coefficient (Wildman–Crippen LogP) is -1.79. The molecule has 0 spiro atoms. The van der Waals surface area contributed by atoms with Crippen LogP contribution in [0.3, 0.4) is 0 Å². The van der Waals surface area contributed by atoms with Crippen LogP contribution in [0.2, 0.25) is 0 Å². The number of carbonyl (C=O) groups is 8. The number of carbonyl (C=O) groups excluding carboxylic acids is 7. The molecule has 1 aromatic heterocycles. The average molecular weight is 780 g/mol. The standard InChI is InChI=1S/C33H49N9O9S2/c1-17(38-29(46)20(34)14-18-16-37-21-7-5-4-6-19(18)21)28(45)39-23(10-12-52-2)31(48)41-24(11-13-53-3)32(49)40-22(8-9-26(35)43)30(47)42-25(33(50)51)15-27(36)44/h4-7,16-17,20,22-25,37H,8-15,34H2,1-3H3,(H2,35,43)(H2,36,44)(H,38,46)(H,39,45)(H,40,49)(H,41,48)(H,42,47)(H,50,51)/t17-,20-,22-,23-,24-,25-/m0/s1. The molecule has 0 saturated carbocycles. The third-order valence-electron chi connectivity index (χ3n) is 8.02. The molecule has 0 fully saturated rings. The van der Waals surface area contributed by atoms with Crippen LogP contribution in [0.15, 0.2) is 30.5 Å². The second-order valence-corrected chi connectivity index (χ2v) is 14.2. The maximum Gasteiger partial charge on any atom is 0.326 e. The van der Waals surface area contributed by atoms with Crippen molar-refractivity contribution in [1.29, 1.82) is 0 Å². The average Bonchev–Trinajstić information content (AvgIpc) is 3.51. The van der Waals surface area contributed by atoms with Crippen LogP contribution in [0.5, 0.6) is 0 Å². The van der Waals surface area contributed by atoms with Crippen LogP contribution >= 0.6 is 23.5 Å². The quantitative estimate of drug-likeness (QED) is 0.0565. The summed E-state index contributed by atoms with van der Waals surface area (Å²) in [6, 6.07) is -0.0331. The van der Waals surface area contributed by atoms with Crippen molar-refractivity contribution in [1.82, 2.24) is 31.6 Å². The molecule has 1 aromatic carbocycles. The summed E-state index contributed by atoms with van der Waals surface area (Å²) in [6.07, 6.45) is 4.40. The minimum absolute atomic E-state index is 0.0896. The van der Waals surface area contributed by atoms with Crippen molar-refractivity contribution in [3.05, 3.63) is 36.0 Å². The molecule has 0 bridgehead atoms. The third kappa shape index (κ3) is 15.0. The Morgan fingerprint density at radius 1 is 0.717 bits per heavy atom. The molecule has 0 radical (unpaired) electrons. The maximum atomic E-state index is 13.6. The van der Waals surface area contributed by atoms with Gasteiger partial charge in [0.15, 0.2) is 0 Å². The third-order valence-corrected chi connectivity index (χ3v) is 9.31. The first-order valence-corrected chi connectivity index (χ1v) is 19.5. The Kier molecular flexibility index (Phi) is 18.7. The van der Waals surface area contributed by atoms with E-state index in [1.807, 2.05) is 24.3 Å². The SMILES string of the molecule is CSCC[C@H](NC(=O)[C@H](C)NC(=O)[C@@H](N)Cc1c[nH]c2ccccc12)C(=O)N[C@@H](CCSC)C(=O)N[C@@H](CCC(N)=O)C(=O)N[C@@H](CC(N)=O)C(=O)O. The molecular formula is C33H49N9O9S2. The van der Waals surface area contributed by atoms with E-state index in [1.54, 1.807) is 18.7 Å². The monoisotopic (exact) mass is 779 g/mol. The van der Waals surface area contributed by atoms with Gasteiger partial charge in [0.05, 0.1) is 12.5 Å². The molecule has 2 aromatic rings. The van der Waals surface area contributed by atoms with Crippen LogP contribution < -0.4 is 43.8 Å². The van der Waals surface area contributed by atoms with Crippen molar-refractivity contribution in [2.45, 2.75) is 81.7 Å². The molecule has 292 valence electrons. The van der Waals surface area contributed by atoms with Gasteiger partial charge in [-0.25, -0.2) is 4.79 Å². The number of carboxylic acid groups (broad SMARTS) is 1. The van der Waals surface area contributed by atoms with E-state index in [0.717, 1.165) is 16.5 Å². The lowest BCUT2D eigenvalue weighted by Crippen LogP contribution is -2.59. The van der Waals surface area contributed by atoms with Crippen LogP contribution in [-0.2, 0) is 44.8 Å². The minimum Gasteiger partial charge on any atom is -0.480 e. The van der Waals surface area contributed by atoms with Gasteiger partial charge in [-0.1, -0.05) is 18.2 Å². The Balaban J connectivity index is 2.14. The number of benzene rings is 1. The molecule has 0 aliphatic rings. The van der Waals surface area contributed by atoms with Gasteiger partial charge >= 0.3 is 5.97 Å².